The Morgan fingerprint density at radius 3 is 3.04 bits per heavy atom. The maximum absolute atomic E-state index is 12.0. The van der Waals surface area contributed by atoms with Gasteiger partial charge in [0.2, 0.25) is 5.76 Å². The van der Waals surface area contributed by atoms with Gasteiger partial charge >= 0.3 is 5.97 Å². The van der Waals surface area contributed by atoms with Gasteiger partial charge < -0.3 is 19.2 Å². The topological polar surface area (TPSA) is 60.7 Å². The van der Waals surface area contributed by atoms with Crippen molar-refractivity contribution in [3.8, 4) is 5.75 Å². The number of aryl methyl sites for hydroxylation is 1. The van der Waals surface area contributed by atoms with Crippen LogP contribution in [0.1, 0.15) is 35.9 Å². The second-order valence-electron chi connectivity index (χ2n) is 5.93. The molecule has 1 saturated heterocycles. The third-order valence-electron chi connectivity index (χ3n) is 4.25. The van der Waals surface area contributed by atoms with Crippen LogP contribution in [-0.2, 0) is 4.74 Å². The second-order valence-corrected chi connectivity index (χ2v) is 5.93. The van der Waals surface area contributed by atoms with E-state index in [1.54, 1.807) is 6.92 Å². The van der Waals surface area contributed by atoms with Crippen LogP contribution < -0.4 is 10.1 Å². The molecule has 1 aliphatic heterocycles. The smallest absolute Gasteiger partial charge is 0.374 e. The molecule has 1 fully saturated rings. The van der Waals surface area contributed by atoms with Gasteiger partial charge in [0.25, 0.3) is 0 Å². The average molecular weight is 317 g/mol. The summed E-state index contributed by atoms with van der Waals surface area (Å²) in [6.45, 7) is 6.73. The van der Waals surface area contributed by atoms with Gasteiger partial charge in [-0.1, -0.05) is 6.07 Å². The molecule has 2 aromatic rings. The predicted molar refractivity (Wildman–Crippen MR) is 88.0 cm³/mol. The summed E-state index contributed by atoms with van der Waals surface area (Å²) >= 11 is 0. The van der Waals surface area contributed by atoms with E-state index in [1.165, 1.54) is 12.8 Å². The summed E-state index contributed by atoms with van der Waals surface area (Å²) < 4.78 is 16.8. The van der Waals surface area contributed by atoms with Crippen LogP contribution in [0.5, 0.6) is 5.75 Å². The van der Waals surface area contributed by atoms with E-state index in [0.717, 1.165) is 29.8 Å². The molecule has 3 rings (SSSR count). The lowest BCUT2D eigenvalue weighted by molar-refractivity contribution is 0.0491. The Balaban J connectivity index is 1.84. The number of hydrogen-bond acceptors (Lipinski definition) is 5. The molecule has 1 atom stereocenters. The van der Waals surface area contributed by atoms with Crippen LogP contribution in [0, 0.1) is 12.8 Å². The van der Waals surface area contributed by atoms with Crippen molar-refractivity contribution in [3.63, 3.8) is 0 Å². The average Bonchev–Trinajstić information content (AvgIpc) is 2.92. The van der Waals surface area contributed by atoms with Gasteiger partial charge in [0.15, 0.2) is 0 Å². The second kappa shape index (κ2) is 7.04. The van der Waals surface area contributed by atoms with E-state index in [1.807, 2.05) is 25.1 Å². The van der Waals surface area contributed by atoms with Gasteiger partial charge in [0.1, 0.15) is 11.3 Å². The van der Waals surface area contributed by atoms with Crippen molar-refractivity contribution in [1.82, 2.24) is 5.32 Å². The van der Waals surface area contributed by atoms with Crippen LogP contribution in [-0.4, -0.2) is 32.3 Å². The van der Waals surface area contributed by atoms with Gasteiger partial charge in [-0.2, -0.15) is 0 Å². The number of nitrogens with one attached hydrogen (secondary N) is 1. The zero-order chi connectivity index (χ0) is 16.2. The highest BCUT2D eigenvalue weighted by molar-refractivity contribution is 5.98. The van der Waals surface area contributed by atoms with Crippen molar-refractivity contribution in [1.29, 1.82) is 0 Å². The number of piperidine rings is 1. The lowest BCUT2D eigenvalue weighted by Crippen LogP contribution is -2.33. The van der Waals surface area contributed by atoms with Crippen LogP contribution in [0.4, 0.5) is 0 Å². The minimum absolute atomic E-state index is 0.261. The number of esters is 1. The largest absolute Gasteiger partial charge is 0.492 e. The van der Waals surface area contributed by atoms with Crippen LogP contribution in [0.15, 0.2) is 22.6 Å². The third kappa shape index (κ3) is 3.34. The van der Waals surface area contributed by atoms with E-state index in [4.69, 9.17) is 13.9 Å². The minimum Gasteiger partial charge on any atom is -0.492 e. The molecule has 23 heavy (non-hydrogen) atoms. The molecule has 1 aliphatic rings. The van der Waals surface area contributed by atoms with Gasteiger partial charge in [-0.25, -0.2) is 4.79 Å². The van der Waals surface area contributed by atoms with E-state index in [-0.39, 0.29) is 5.76 Å². The number of rotatable bonds is 5. The fourth-order valence-electron chi connectivity index (χ4n) is 3.05. The summed E-state index contributed by atoms with van der Waals surface area (Å²) in [5.41, 5.74) is 1.43. The molecule has 0 radical (unpaired) electrons. The molecule has 124 valence electrons. The Bertz CT molecular complexity index is 686. The van der Waals surface area contributed by atoms with E-state index < -0.39 is 5.97 Å². The first-order valence-corrected chi connectivity index (χ1v) is 8.23. The summed E-state index contributed by atoms with van der Waals surface area (Å²) in [5, 5.41) is 4.25. The standard InChI is InChI=1S/C18H23NO4/c1-3-21-18(20)17-12(2)16-14(7-4-8-15(16)23-17)22-11-13-6-5-9-19-10-13/h4,7-8,13,19H,3,5-6,9-11H2,1-2H3. The number of fused-ring (bicyclic) bond motifs is 1. The molecule has 1 aromatic heterocycles. The van der Waals surface area contributed by atoms with Crippen LogP contribution in [0.25, 0.3) is 11.0 Å². The normalized spacial score (nSPS) is 18.1. The molecule has 1 N–H and O–H groups in total. The lowest BCUT2D eigenvalue weighted by atomic mass is 10.0. The van der Waals surface area contributed by atoms with E-state index in [9.17, 15) is 4.79 Å². The van der Waals surface area contributed by atoms with Crippen LogP contribution in [0.2, 0.25) is 0 Å². The minimum atomic E-state index is -0.427. The van der Waals surface area contributed by atoms with Crippen LogP contribution >= 0.6 is 0 Å². The molecule has 1 unspecified atom stereocenters. The molecule has 1 aromatic carbocycles. The molecule has 5 heteroatoms. The highest BCUT2D eigenvalue weighted by atomic mass is 16.5. The number of carbonyl (C=O) groups is 1. The zero-order valence-corrected chi connectivity index (χ0v) is 13.7. The first-order valence-electron chi connectivity index (χ1n) is 8.23. The SMILES string of the molecule is CCOC(=O)c1oc2cccc(OCC3CCCNC3)c2c1C. The van der Waals surface area contributed by atoms with Crippen molar-refractivity contribution in [2.45, 2.75) is 26.7 Å². The van der Waals surface area contributed by atoms with Gasteiger partial charge in [-0.15, -0.1) is 0 Å². The molecule has 0 amide bonds. The Kier molecular flexibility index (Phi) is 4.86. The maximum atomic E-state index is 12.0. The Labute approximate surface area is 135 Å². The van der Waals surface area contributed by atoms with Crippen molar-refractivity contribution in [2.24, 2.45) is 5.92 Å². The molecule has 0 bridgehead atoms. The van der Waals surface area contributed by atoms with Crippen LogP contribution in [0.3, 0.4) is 0 Å². The Morgan fingerprint density at radius 2 is 2.30 bits per heavy atom. The third-order valence-corrected chi connectivity index (χ3v) is 4.25. The fourth-order valence-corrected chi connectivity index (χ4v) is 3.05. The van der Waals surface area contributed by atoms with E-state index >= 15 is 0 Å². The molecule has 0 saturated carbocycles. The molecule has 2 heterocycles. The van der Waals surface area contributed by atoms with Crippen molar-refractivity contribution in [3.05, 3.63) is 29.5 Å². The van der Waals surface area contributed by atoms with E-state index in [0.29, 0.717) is 24.7 Å². The van der Waals surface area contributed by atoms with Gasteiger partial charge in [0.05, 0.1) is 18.6 Å². The first-order chi connectivity index (χ1) is 11.2. The number of ether oxygens (including phenoxy) is 2. The number of benzene rings is 1. The molecular weight excluding hydrogens is 294 g/mol. The van der Waals surface area contributed by atoms with Crippen molar-refractivity contribution >= 4 is 16.9 Å². The highest BCUT2D eigenvalue weighted by Crippen LogP contribution is 2.33. The monoisotopic (exact) mass is 317 g/mol. The number of hydrogen-bond donors (Lipinski definition) is 1. The summed E-state index contributed by atoms with van der Waals surface area (Å²) in [5.74, 6) is 1.13. The molecule has 0 aliphatic carbocycles. The fraction of sp³-hybridized carbons (Fsp3) is 0.500. The Hall–Kier alpha value is -2.01. The van der Waals surface area contributed by atoms with Crippen molar-refractivity contribution in [2.75, 3.05) is 26.3 Å². The van der Waals surface area contributed by atoms with Gasteiger partial charge in [-0.3, -0.25) is 0 Å². The molecule has 0 spiro atoms. The lowest BCUT2D eigenvalue weighted by Gasteiger charge is -2.22. The molecule has 5 nitrogen and oxygen atoms in total. The quantitative estimate of drug-likeness (QED) is 0.857. The zero-order valence-electron chi connectivity index (χ0n) is 13.7. The predicted octanol–water partition coefficient (Wildman–Crippen LogP) is 3.30. The highest BCUT2D eigenvalue weighted by Gasteiger charge is 2.22. The van der Waals surface area contributed by atoms with Crippen molar-refractivity contribution < 1.29 is 18.7 Å². The molecular formula is C18H23NO4. The summed E-state index contributed by atoms with van der Waals surface area (Å²) in [4.78, 5) is 12.0. The summed E-state index contributed by atoms with van der Waals surface area (Å²) in [6.07, 6.45) is 2.37. The maximum Gasteiger partial charge on any atom is 0.374 e. The van der Waals surface area contributed by atoms with E-state index in [2.05, 4.69) is 5.32 Å². The van der Waals surface area contributed by atoms with Gasteiger partial charge in [-0.05, 0) is 45.4 Å². The number of furan rings is 1. The summed E-state index contributed by atoms with van der Waals surface area (Å²) in [6, 6.07) is 5.66. The summed E-state index contributed by atoms with van der Waals surface area (Å²) in [7, 11) is 0. The Morgan fingerprint density at radius 1 is 1.43 bits per heavy atom. The number of carbonyl (C=O) groups excluding carboxylic acids is 1. The van der Waals surface area contributed by atoms with Gasteiger partial charge in [0, 0.05) is 18.0 Å². The first kappa shape index (κ1) is 15.9.